The molecule has 6 rings (SSSR count). The van der Waals surface area contributed by atoms with Crippen molar-refractivity contribution in [1.82, 2.24) is 29.1 Å². The summed E-state index contributed by atoms with van der Waals surface area (Å²) in [6.45, 7) is -0.603. The van der Waals surface area contributed by atoms with E-state index in [0.717, 1.165) is 10.6 Å². The van der Waals surface area contributed by atoms with Gasteiger partial charge in [-0.2, -0.15) is 0 Å². The first kappa shape index (κ1) is 35.6. The second-order valence-electron chi connectivity index (χ2n) is 11.4. The molecule has 0 aromatic carbocycles. The molecule has 2 unspecified atom stereocenters. The second-order valence-corrected chi connectivity index (χ2v) is 16.8. The Balaban J connectivity index is 1.29. The highest BCUT2D eigenvalue weighted by molar-refractivity contribution is 8.55. The third-order valence-electron chi connectivity index (χ3n) is 7.69. The molecule has 24 heteroatoms. The van der Waals surface area contributed by atoms with Crippen LogP contribution in [0, 0.1) is 5.92 Å². The number of carbonyl (C=O) groups is 1. The van der Waals surface area contributed by atoms with Crippen LogP contribution in [-0.2, 0) is 46.2 Å². The Morgan fingerprint density at radius 3 is 2.65 bits per heavy atom. The first-order valence-corrected chi connectivity index (χ1v) is 19.5. The van der Waals surface area contributed by atoms with E-state index in [2.05, 4.69) is 19.9 Å². The van der Waals surface area contributed by atoms with E-state index in [4.69, 9.17) is 42.8 Å². The quantitative estimate of drug-likeness (QED) is 0.185. The van der Waals surface area contributed by atoms with E-state index in [-0.39, 0.29) is 12.2 Å². The average molecular weight is 750 g/mol. The van der Waals surface area contributed by atoms with E-state index in [0.29, 0.717) is 22.5 Å². The molecular formula is C25H33N7O14P2S. The van der Waals surface area contributed by atoms with Gasteiger partial charge in [-0.1, -0.05) is 6.92 Å². The van der Waals surface area contributed by atoms with Gasteiger partial charge in [-0.3, -0.25) is 37.0 Å². The molecule has 3 aromatic rings. The van der Waals surface area contributed by atoms with Gasteiger partial charge in [0, 0.05) is 36.0 Å². The summed E-state index contributed by atoms with van der Waals surface area (Å²) in [5, 5.41) is 0. The van der Waals surface area contributed by atoms with Gasteiger partial charge in [0.25, 0.3) is 5.56 Å². The lowest BCUT2D eigenvalue weighted by molar-refractivity contribution is -0.0616. The molecule has 3 aliphatic heterocycles. The molecule has 0 bridgehead atoms. The Morgan fingerprint density at radius 2 is 1.90 bits per heavy atom. The molecule has 0 spiro atoms. The number of carbonyl (C=O) groups excluding carboxylic acids is 1. The lowest BCUT2D eigenvalue weighted by Gasteiger charge is -2.29. The van der Waals surface area contributed by atoms with E-state index in [9.17, 15) is 28.4 Å². The highest BCUT2D eigenvalue weighted by Crippen LogP contribution is 2.64. The molecule has 0 aliphatic carbocycles. The average Bonchev–Trinajstić information content (AvgIpc) is 3.71. The third-order valence-corrected chi connectivity index (χ3v) is 12.0. The molecule has 0 radical (unpaired) electrons. The second kappa shape index (κ2) is 14.2. The summed E-state index contributed by atoms with van der Waals surface area (Å²) in [5.74, 6) is -1.17. The van der Waals surface area contributed by atoms with Crippen molar-refractivity contribution in [2.24, 2.45) is 5.92 Å². The van der Waals surface area contributed by atoms with Gasteiger partial charge in [0.15, 0.2) is 17.4 Å². The number of hydrogen-bond donors (Lipinski definition) is 3. The van der Waals surface area contributed by atoms with Crippen molar-refractivity contribution < 1.29 is 55.9 Å². The lowest BCUT2D eigenvalue weighted by atomic mass is 10.0. The first-order chi connectivity index (χ1) is 23.2. The Morgan fingerprint density at radius 1 is 1.12 bits per heavy atom. The number of fused-ring (bicyclic) bond motifs is 3. The van der Waals surface area contributed by atoms with Gasteiger partial charge in [0.05, 0.1) is 25.6 Å². The van der Waals surface area contributed by atoms with Crippen LogP contribution >= 0.6 is 26.0 Å². The SMILES string of the molecule is CC(C)OC(=O)OCSP1(=O)OC[C@H]2O[C@@H](n3cnc4c(N)ncnc43)C[C@@H]2OP(=O)(O)OC[C@H]2O[C@@H](n3ccc(=O)[nH]c3=O)[C@H](C)[C@@H]2O1. The first-order valence-electron chi connectivity index (χ1n) is 14.8. The maximum absolute atomic E-state index is 14.4. The molecule has 21 nitrogen and oxygen atoms in total. The van der Waals surface area contributed by atoms with Crippen LogP contribution in [0.15, 0.2) is 34.5 Å². The van der Waals surface area contributed by atoms with Gasteiger partial charge in [-0.25, -0.2) is 33.7 Å². The molecule has 6 heterocycles. The topological polar surface area (TPSA) is 270 Å². The van der Waals surface area contributed by atoms with Crippen molar-refractivity contribution in [2.45, 2.75) is 70.2 Å². The Kier molecular flexibility index (Phi) is 10.3. The summed E-state index contributed by atoms with van der Waals surface area (Å²) in [6, 6.07) is 1.10. The summed E-state index contributed by atoms with van der Waals surface area (Å²) in [5.41, 5.74) is 5.10. The van der Waals surface area contributed by atoms with Crippen LogP contribution in [-0.4, -0.2) is 89.8 Å². The smallest absolute Gasteiger partial charge is 0.432 e. The minimum atomic E-state index is -4.82. The number of nitrogens with one attached hydrogen (secondary N) is 1. The zero-order chi connectivity index (χ0) is 35.1. The van der Waals surface area contributed by atoms with Crippen LogP contribution in [0.4, 0.5) is 10.6 Å². The van der Waals surface area contributed by atoms with Crippen LogP contribution in [0.1, 0.15) is 39.6 Å². The molecule has 0 saturated carbocycles. The predicted molar refractivity (Wildman–Crippen MR) is 167 cm³/mol. The molecule has 3 saturated heterocycles. The van der Waals surface area contributed by atoms with Gasteiger partial charge in [0.2, 0.25) is 0 Å². The lowest BCUT2D eigenvalue weighted by Crippen LogP contribution is -2.35. The zero-order valence-corrected chi connectivity index (χ0v) is 28.7. The number of rotatable bonds is 6. The normalized spacial score (nSPS) is 33.8. The molecule has 4 N–H and O–H groups in total. The molecule has 3 aromatic heterocycles. The number of hydrogen-bond acceptors (Lipinski definition) is 18. The summed E-state index contributed by atoms with van der Waals surface area (Å²) in [7, 11) is -4.82. The fraction of sp³-hybridized carbons (Fsp3) is 0.600. The van der Waals surface area contributed by atoms with E-state index >= 15 is 0 Å². The number of anilines is 1. The number of ether oxygens (including phenoxy) is 4. The highest BCUT2D eigenvalue weighted by Gasteiger charge is 2.51. The molecule has 268 valence electrons. The maximum Gasteiger partial charge on any atom is 0.509 e. The third kappa shape index (κ3) is 7.93. The van der Waals surface area contributed by atoms with Crippen LogP contribution in [0.2, 0.25) is 0 Å². The van der Waals surface area contributed by atoms with Gasteiger partial charge in [-0.05, 0) is 13.8 Å². The minimum Gasteiger partial charge on any atom is -0.432 e. The Labute approximate surface area is 280 Å². The van der Waals surface area contributed by atoms with E-state index in [1.165, 1.54) is 23.4 Å². The van der Waals surface area contributed by atoms with Crippen molar-refractivity contribution >= 4 is 49.1 Å². The summed E-state index contributed by atoms with van der Waals surface area (Å²) in [4.78, 5) is 61.6. The number of nitrogen functional groups attached to an aromatic ring is 1. The number of nitrogens with zero attached hydrogens (tertiary/aromatic N) is 5. The molecular weight excluding hydrogens is 716 g/mol. The van der Waals surface area contributed by atoms with Crippen molar-refractivity contribution in [1.29, 1.82) is 0 Å². The van der Waals surface area contributed by atoms with Crippen LogP contribution in [0.5, 0.6) is 0 Å². The Hall–Kier alpha value is -3.17. The molecule has 0 amide bonds. The monoisotopic (exact) mass is 749 g/mol. The Bertz CT molecular complexity index is 1910. The van der Waals surface area contributed by atoms with Gasteiger partial charge < -0.3 is 29.6 Å². The van der Waals surface area contributed by atoms with E-state index < -0.39 is 100 Å². The van der Waals surface area contributed by atoms with E-state index in [1.54, 1.807) is 20.8 Å². The number of imidazole rings is 1. The number of H-pyrrole nitrogens is 1. The number of nitrogens with two attached hydrogens (primary N) is 1. The predicted octanol–water partition coefficient (Wildman–Crippen LogP) is 2.06. The molecule has 49 heavy (non-hydrogen) atoms. The van der Waals surface area contributed by atoms with Crippen LogP contribution in [0.25, 0.3) is 11.2 Å². The van der Waals surface area contributed by atoms with Gasteiger partial charge >= 0.3 is 26.5 Å². The molecule has 3 fully saturated rings. The van der Waals surface area contributed by atoms with Crippen molar-refractivity contribution in [3.05, 3.63) is 45.8 Å². The number of phosphoric acid groups is 1. The van der Waals surface area contributed by atoms with Crippen LogP contribution in [0.3, 0.4) is 0 Å². The molecule has 9 atom stereocenters. The van der Waals surface area contributed by atoms with E-state index in [1.807, 2.05) is 0 Å². The fourth-order valence-corrected chi connectivity index (χ4v) is 9.31. The molecule has 3 aliphatic rings. The summed E-state index contributed by atoms with van der Waals surface area (Å²) >= 11 is 0.524. The summed E-state index contributed by atoms with van der Waals surface area (Å²) in [6.07, 6.45) is -4.31. The number of phosphoric ester groups is 1. The highest BCUT2D eigenvalue weighted by atomic mass is 32.7. The van der Waals surface area contributed by atoms with Crippen molar-refractivity contribution in [3.63, 3.8) is 0 Å². The maximum atomic E-state index is 14.4. The van der Waals surface area contributed by atoms with Gasteiger partial charge in [0.1, 0.15) is 48.7 Å². The van der Waals surface area contributed by atoms with Crippen LogP contribution < -0.4 is 17.0 Å². The van der Waals surface area contributed by atoms with Crippen molar-refractivity contribution in [2.75, 3.05) is 24.9 Å². The van der Waals surface area contributed by atoms with Crippen molar-refractivity contribution in [3.8, 4) is 0 Å². The standard InChI is InChI=1S/C25H33N7O14P2S/c1-12(2)42-25(35)39-11-49-48(38)41-7-15-14(6-18(43-15)32-10-29-19-21(26)27-9-28-22(19)32)45-47(36,37)40-8-16-20(46-48)13(3)23(44-16)31-5-4-17(33)30-24(31)34/h4-5,9-10,12-16,18,20,23H,6-8,11H2,1-3H3,(H,36,37)(H2,26,27,28)(H,30,33,34)/t13-,14+,15-,16-,18-,20+,23-,48?/m1/s1. The fourth-order valence-electron chi connectivity index (χ4n) is 5.49. The number of aromatic nitrogens is 6. The number of aromatic amines is 1. The largest absolute Gasteiger partial charge is 0.509 e. The zero-order valence-electron chi connectivity index (χ0n) is 26.1. The van der Waals surface area contributed by atoms with Gasteiger partial charge in [-0.15, -0.1) is 0 Å². The minimum absolute atomic E-state index is 0.0312. The summed E-state index contributed by atoms with van der Waals surface area (Å²) < 4.78 is 75.2.